The highest BCUT2D eigenvalue weighted by atomic mass is 14.9. The van der Waals surface area contributed by atoms with Crippen LogP contribution in [0.1, 0.15) is 33.1 Å². The molecule has 94 valence electrons. The molecule has 0 saturated heterocycles. The molecule has 2 nitrogen and oxygen atoms in total. The van der Waals surface area contributed by atoms with Gasteiger partial charge in [-0.05, 0) is 51.0 Å². The molecule has 0 saturated carbocycles. The van der Waals surface area contributed by atoms with Crippen LogP contribution in [0, 0.1) is 0 Å². The maximum atomic E-state index is 4.07. The van der Waals surface area contributed by atoms with E-state index in [1.807, 2.05) is 13.8 Å². The zero-order valence-electron chi connectivity index (χ0n) is 11.2. The summed E-state index contributed by atoms with van der Waals surface area (Å²) in [5.74, 6) is 0. The zero-order valence-corrected chi connectivity index (χ0v) is 11.2. The molecule has 2 heteroatoms. The lowest BCUT2D eigenvalue weighted by molar-refractivity contribution is 0.679. The Balaban J connectivity index is 4.05. The summed E-state index contributed by atoms with van der Waals surface area (Å²) < 4.78 is 0. The van der Waals surface area contributed by atoms with Gasteiger partial charge in [-0.2, -0.15) is 0 Å². The summed E-state index contributed by atoms with van der Waals surface area (Å²) >= 11 is 0. The highest BCUT2D eigenvalue weighted by molar-refractivity contribution is 5.43. The van der Waals surface area contributed by atoms with Crippen LogP contribution in [0.2, 0.25) is 0 Å². The summed E-state index contributed by atoms with van der Waals surface area (Å²) in [4.78, 5) is 3.92. The van der Waals surface area contributed by atoms with Crippen molar-refractivity contribution in [2.75, 3.05) is 6.54 Å². The van der Waals surface area contributed by atoms with Gasteiger partial charge in [0.1, 0.15) is 0 Å². The number of allylic oxidation sites excluding steroid dienone is 5. The van der Waals surface area contributed by atoms with Gasteiger partial charge in [-0.1, -0.05) is 25.8 Å². The molecule has 0 aliphatic heterocycles. The molecule has 0 aliphatic rings. The van der Waals surface area contributed by atoms with Crippen LogP contribution in [0.4, 0.5) is 0 Å². The number of rotatable bonds is 9. The van der Waals surface area contributed by atoms with E-state index in [2.05, 4.69) is 36.8 Å². The minimum atomic E-state index is 0.894. The lowest BCUT2D eigenvalue weighted by atomic mass is 10.0. The van der Waals surface area contributed by atoms with E-state index in [1.165, 1.54) is 0 Å². The summed E-state index contributed by atoms with van der Waals surface area (Å²) in [7, 11) is 0. The number of unbranched alkanes of at least 4 members (excludes halogenated alkanes) is 1. The second-order valence-electron chi connectivity index (χ2n) is 4.13. The van der Waals surface area contributed by atoms with Crippen LogP contribution in [0.15, 0.2) is 53.3 Å². The quantitative estimate of drug-likeness (QED) is 0.363. The summed E-state index contributed by atoms with van der Waals surface area (Å²) in [5, 5.41) is 3.21. The van der Waals surface area contributed by atoms with E-state index in [9.17, 15) is 0 Å². The van der Waals surface area contributed by atoms with Gasteiger partial charge in [0.25, 0.3) is 0 Å². The summed E-state index contributed by atoms with van der Waals surface area (Å²) in [5.41, 5.74) is 4.01. The van der Waals surface area contributed by atoms with Crippen molar-refractivity contribution in [1.82, 2.24) is 5.32 Å². The maximum Gasteiger partial charge on any atom is 0.0440 e. The van der Waals surface area contributed by atoms with Gasteiger partial charge < -0.3 is 5.32 Å². The van der Waals surface area contributed by atoms with Crippen LogP contribution in [-0.2, 0) is 0 Å². The van der Waals surface area contributed by atoms with Crippen molar-refractivity contribution in [3.05, 3.63) is 48.4 Å². The summed E-state index contributed by atoms with van der Waals surface area (Å²) in [6, 6.07) is 0. The van der Waals surface area contributed by atoms with Crippen molar-refractivity contribution in [2.24, 2.45) is 4.99 Å². The van der Waals surface area contributed by atoms with Crippen molar-refractivity contribution in [2.45, 2.75) is 33.1 Å². The molecule has 0 amide bonds. The van der Waals surface area contributed by atoms with E-state index in [0.717, 1.165) is 48.3 Å². The Bertz CT molecular complexity index is 335. The first-order chi connectivity index (χ1) is 8.02. The first-order valence-electron chi connectivity index (χ1n) is 5.90. The smallest absolute Gasteiger partial charge is 0.0440 e. The average Bonchev–Trinajstić information content (AvgIpc) is 2.28. The Labute approximate surface area is 106 Å². The zero-order chi connectivity index (χ0) is 13.3. The van der Waals surface area contributed by atoms with Crippen molar-refractivity contribution >= 4 is 6.72 Å². The molecule has 17 heavy (non-hydrogen) atoms. The van der Waals surface area contributed by atoms with Crippen molar-refractivity contribution < 1.29 is 0 Å². The number of aliphatic imine (C=N–C) groups is 1. The molecular weight excluding hydrogens is 208 g/mol. The third kappa shape index (κ3) is 6.56. The fourth-order valence-corrected chi connectivity index (χ4v) is 1.53. The van der Waals surface area contributed by atoms with Gasteiger partial charge in [0, 0.05) is 17.9 Å². The van der Waals surface area contributed by atoms with Crippen molar-refractivity contribution in [1.29, 1.82) is 0 Å². The standard InChI is InChI=1S/C15H24N2/c1-7-15(14(5)16-6)13(4)10-8-9-11-17-12(2)3/h7,17H,1-2,4,6,8-11H2,3,5H3/b15-14-. The highest BCUT2D eigenvalue weighted by Gasteiger charge is 2.02. The van der Waals surface area contributed by atoms with E-state index in [-0.39, 0.29) is 0 Å². The summed E-state index contributed by atoms with van der Waals surface area (Å²) in [6.45, 7) is 20.0. The molecular formula is C15H24N2. The number of nitrogens with one attached hydrogen (secondary N) is 1. The molecule has 0 bridgehead atoms. The van der Waals surface area contributed by atoms with Gasteiger partial charge in [0.2, 0.25) is 0 Å². The summed E-state index contributed by atoms with van der Waals surface area (Å²) in [6.07, 6.45) is 4.97. The van der Waals surface area contributed by atoms with Crippen LogP contribution >= 0.6 is 0 Å². The Morgan fingerprint density at radius 3 is 2.35 bits per heavy atom. The molecule has 0 aromatic heterocycles. The second-order valence-corrected chi connectivity index (χ2v) is 4.13. The molecule has 0 aromatic carbocycles. The predicted molar refractivity (Wildman–Crippen MR) is 78.3 cm³/mol. The van der Waals surface area contributed by atoms with E-state index >= 15 is 0 Å². The number of hydrogen-bond acceptors (Lipinski definition) is 2. The molecule has 0 fully saturated rings. The first kappa shape index (κ1) is 15.4. The van der Waals surface area contributed by atoms with E-state index in [1.54, 1.807) is 6.08 Å². The van der Waals surface area contributed by atoms with Gasteiger partial charge >= 0.3 is 0 Å². The second kappa shape index (κ2) is 8.57. The van der Waals surface area contributed by atoms with Crippen LogP contribution in [-0.4, -0.2) is 13.3 Å². The van der Waals surface area contributed by atoms with Gasteiger partial charge in [-0.3, -0.25) is 4.99 Å². The molecule has 0 aromatic rings. The van der Waals surface area contributed by atoms with Gasteiger partial charge in [-0.25, -0.2) is 0 Å². The third-order valence-electron chi connectivity index (χ3n) is 2.54. The van der Waals surface area contributed by atoms with Crippen molar-refractivity contribution in [3.63, 3.8) is 0 Å². The van der Waals surface area contributed by atoms with Gasteiger partial charge in [-0.15, -0.1) is 0 Å². The van der Waals surface area contributed by atoms with Crippen LogP contribution in [0.5, 0.6) is 0 Å². The first-order valence-corrected chi connectivity index (χ1v) is 5.90. The fourth-order valence-electron chi connectivity index (χ4n) is 1.53. The largest absolute Gasteiger partial charge is 0.389 e. The molecule has 0 spiro atoms. The molecule has 1 N–H and O–H groups in total. The average molecular weight is 232 g/mol. The highest BCUT2D eigenvalue weighted by Crippen LogP contribution is 2.20. The van der Waals surface area contributed by atoms with Crippen molar-refractivity contribution in [3.8, 4) is 0 Å². The predicted octanol–water partition coefficient (Wildman–Crippen LogP) is 4.00. The molecule has 0 radical (unpaired) electrons. The van der Waals surface area contributed by atoms with Gasteiger partial charge in [0.05, 0.1) is 0 Å². The van der Waals surface area contributed by atoms with Crippen LogP contribution < -0.4 is 5.32 Å². The molecule has 0 unspecified atom stereocenters. The number of nitrogens with zero attached hydrogens (tertiary/aromatic N) is 1. The minimum Gasteiger partial charge on any atom is -0.389 e. The van der Waals surface area contributed by atoms with Gasteiger partial charge in [0.15, 0.2) is 0 Å². The topological polar surface area (TPSA) is 24.4 Å². The Hall–Kier alpha value is -1.57. The van der Waals surface area contributed by atoms with Crippen LogP contribution in [0.3, 0.4) is 0 Å². The molecule has 0 rings (SSSR count). The van der Waals surface area contributed by atoms with E-state index in [0.29, 0.717) is 0 Å². The molecule has 0 atom stereocenters. The minimum absolute atomic E-state index is 0.894. The Morgan fingerprint density at radius 2 is 1.88 bits per heavy atom. The lowest BCUT2D eigenvalue weighted by Gasteiger charge is -2.09. The molecule has 0 aliphatic carbocycles. The SMILES string of the molecule is C=C/C(C(=C)CCCCNC(=C)C)=C(\C)N=C. The molecule has 0 heterocycles. The van der Waals surface area contributed by atoms with Crippen LogP contribution in [0.25, 0.3) is 0 Å². The Morgan fingerprint density at radius 1 is 1.24 bits per heavy atom. The fraction of sp³-hybridized carbons (Fsp3) is 0.400. The number of hydrogen-bond donors (Lipinski definition) is 1. The normalized spacial score (nSPS) is 11.4. The lowest BCUT2D eigenvalue weighted by Crippen LogP contribution is -2.11. The van der Waals surface area contributed by atoms with E-state index < -0.39 is 0 Å². The maximum absolute atomic E-state index is 4.07. The monoisotopic (exact) mass is 232 g/mol. The third-order valence-corrected chi connectivity index (χ3v) is 2.54. The van der Waals surface area contributed by atoms with E-state index in [4.69, 9.17) is 0 Å². The Kier molecular flexibility index (Phi) is 7.78.